The quantitative estimate of drug-likeness (QED) is 0.822. The van der Waals surface area contributed by atoms with Crippen molar-refractivity contribution in [1.82, 2.24) is 14.7 Å². The molecular weight excluding hydrogens is 316 g/mol. The number of piperazine rings is 1. The van der Waals surface area contributed by atoms with E-state index in [0.29, 0.717) is 6.54 Å². The van der Waals surface area contributed by atoms with Gasteiger partial charge in [-0.1, -0.05) is 12.1 Å². The van der Waals surface area contributed by atoms with E-state index in [-0.39, 0.29) is 24.4 Å². The van der Waals surface area contributed by atoms with Gasteiger partial charge in [-0.15, -0.1) is 0 Å². The highest BCUT2D eigenvalue weighted by atomic mass is 19.2. The van der Waals surface area contributed by atoms with E-state index >= 15 is 0 Å². The van der Waals surface area contributed by atoms with Crippen LogP contribution < -0.4 is 0 Å². The maximum atomic E-state index is 13.6. The Bertz CT molecular complexity index is 563. The average Bonchev–Trinajstić information content (AvgIpc) is 2.54. The number of amides is 1. The van der Waals surface area contributed by atoms with Crippen molar-refractivity contribution in [3.63, 3.8) is 0 Å². The molecule has 0 saturated carbocycles. The van der Waals surface area contributed by atoms with Crippen LogP contribution in [0.2, 0.25) is 0 Å². The molecule has 1 heterocycles. The molecule has 24 heavy (non-hydrogen) atoms. The Morgan fingerprint density at radius 3 is 2.62 bits per heavy atom. The summed E-state index contributed by atoms with van der Waals surface area (Å²) in [6, 6.07) is 3.79. The summed E-state index contributed by atoms with van der Waals surface area (Å²) in [5, 5.41) is 10.2. The standard InChI is InChI=1S/C17H25F2N3O2/c1-20-6-8-22(9-7-20)12-14(23)11-21(2)16(24)10-13-4-3-5-15(18)17(13)19/h3-5,14,23H,6-12H2,1-2H3. The van der Waals surface area contributed by atoms with Gasteiger partial charge in [0.05, 0.1) is 12.5 Å². The lowest BCUT2D eigenvalue weighted by Gasteiger charge is -2.34. The Morgan fingerprint density at radius 2 is 1.96 bits per heavy atom. The zero-order valence-electron chi connectivity index (χ0n) is 14.2. The summed E-state index contributed by atoms with van der Waals surface area (Å²) in [5.74, 6) is -2.30. The van der Waals surface area contributed by atoms with Gasteiger partial charge < -0.3 is 14.9 Å². The highest BCUT2D eigenvalue weighted by Gasteiger charge is 2.20. The van der Waals surface area contributed by atoms with Gasteiger partial charge >= 0.3 is 0 Å². The van der Waals surface area contributed by atoms with Crippen LogP contribution in [-0.4, -0.2) is 85.2 Å². The van der Waals surface area contributed by atoms with Crippen LogP contribution in [0.3, 0.4) is 0 Å². The van der Waals surface area contributed by atoms with Crippen molar-refractivity contribution in [3.8, 4) is 0 Å². The molecule has 2 rings (SSSR count). The van der Waals surface area contributed by atoms with E-state index in [1.165, 1.54) is 17.0 Å². The molecule has 0 aromatic heterocycles. The van der Waals surface area contributed by atoms with Gasteiger partial charge in [0.15, 0.2) is 11.6 Å². The second-order valence-corrected chi connectivity index (χ2v) is 6.42. The van der Waals surface area contributed by atoms with E-state index in [4.69, 9.17) is 0 Å². The fraction of sp³-hybridized carbons (Fsp3) is 0.588. The van der Waals surface area contributed by atoms with Crippen molar-refractivity contribution >= 4 is 5.91 Å². The zero-order chi connectivity index (χ0) is 17.7. The molecule has 1 unspecified atom stereocenters. The third kappa shape index (κ3) is 5.22. The molecule has 1 fully saturated rings. The number of benzene rings is 1. The summed E-state index contributed by atoms with van der Waals surface area (Å²) in [4.78, 5) is 17.9. The molecule has 1 aromatic rings. The first-order valence-electron chi connectivity index (χ1n) is 8.12. The normalized spacial score (nSPS) is 17.7. The Morgan fingerprint density at radius 1 is 1.29 bits per heavy atom. The number of hydrogen-bond acceptors (Lipinski definition) is 4. The van der Waals surface area contributed by atoms with Crippen LogP contribution >= 0.6 is 0 Å². The largest absolute Gasteiger partial charge is 0.390 e. The number of β-amino-alcohol motifs (C(OH)–C–C–N with tert-alkyl or cyclic N) is 1. The first kappa shape index (κ1) is 18.8. The topological polar surface area (TPSA) is 47.0 Å². The molecule has 1 atom stereocenters. The van der Waals surface area contributed by atoms with E-state index in [0.717, 1.165) is 32.2 Å². The lowest BCUT2D eigenvalue weighted by molar-refractivity contribution is -0.130. The van der Waals surface area contributed by atoms with Gasteiger partial charge in [0.2, 0.25) is 5.91 Å². The zero-order valence-corrected chi connectivity index (χ0v) is 14.2. The van der Waals surface area contributed by atoms with E-state index in [1.54, 1.807) is 7.05 Å². The molecule has 7 heteroatoms. The fourth-order valence-electron chi connectivity index (χ4n) is 2.79. The van der Waals surface area contributed by atoms with Crippen molar-refractivity contribution in [2.75, 3.05) is 53.4 Å². The van der Waals surface area contributed by atoms with Crippen LogP contribution in [0.4, 0.5) is 8.78 Å². The van der Waals surface area contributed by atoms with Gasteiger partial charge in [-0.05, 0) is 13.1 Å². The van der Waals surface area contributed by atoms with Crippen molar-refractivity contribution in [1.29, 1.82) is 0 Å². The number of aliphatic hydroxyl groups is 1. The molecule has 5 nitrogen and oxygen atoms in total. The summed E-state index contributed by atoms with van der Waals surface area (Å²) in [6.45, 7) is 4.36. The van der Waals surface area contributed by atoms with E-state index in [9.17, 15) is 18.7 Å². The van der Waals surface area contributed by atoms with Gasteiger partial charge in [0, 0.05) is 51.9 Å². The summed E-state index contributed by atoms with van der Waals surface area (Å²) in [5.41, 5.74) is 0.0282. The van der Waals surface area contributed by atoms with Gasteiger partial charge in [-0.3, -0.25) is 9.69 Å². The third-order valence-corrected chi connectivity index (χ3v) is 4.35. The minimum atomic E-state index is -0.989. The van der Waals surface area contributed by atoms with Crippen molar-refractivity contribution < 1.29 is 18.7 Å². The molecular formula is C17H25F2N3O2. The van der Waals surface area contributed by atoms with Crippen molar-refractivity contribution in [2.24, 2.45) is 0 Å². The van der Waals surface area contributed by atoms with Crippen LogP contribution in [0.1, 0.15) is 5.56 Å². The van der Waals surface area contributed by atoms with Crippen molar-refractivity contribution in [3.05, 3.63) is 35.4 Å². The van der Waals surface area contributed by atoms with E-state index in [2.05, 4.69) is 16.8 Å². The fourth-order valence-corrected chi connectivity index (χ4v) is 2.79. The Labute approximate surface area is 141 Å². The highest BCUT2D eigenvalue weighted by Crippen LogP contribution is 2.13. The van der Waals surface area contributed by atoms with Gasteiger partial charge in [0.25, 0.3) is 0 Å². The minimum Gasteiger partial charge on any atom is -0.390 e. The average molecular weight is 341 g/mol. The summed E-state index contributed by atoms with van der Waals surface area (Å²) >= 11 is 0. The molecule has 0 spiro atoms. The smallest absolute Gasteiger partial charge is 0.226 e. The Balaban J connectivity index is 1.81. The summed E-state index contributed by atoms with van der Waals surface area (Å²) in [7, 11) is 3.62. The summed E-state index contributed by atoms with van der Waals surface area (Å²) < 4.78 is 26.8. The van der Waals surface area contributed by atoms with Crippen LogP contribution in [0.15, 0.2) is 18.2 Å². The minimum absolute atomic E-state index is 0.0282. The van der Waals surface area contributed by atoms with Crippen LogP contribution in [0.5, 0.6) is 0 Å². The molecule has 1 aliphatic heterocycles. The lowest BCUT2D eigenvalue weighted by atomic mass is 10.1. The second kappa shape index (κ2) is 8.50. The monoisotopic (exact) mass is 341 g/mol. The Hall–Kier alpha value is -1.57. The Kier molecular flexibility index (Phi) is 6.65. The first-order chi connectivity index (χ1) is 11.4. The van der Waals surface area contributed by atoms with Crippen molar-refractivity contribution in [2.45, 2.75) is 12.5 Å². The van der Waals surface area contributed by atoms with Crippen LogP contribution in [0.25, 0.3) is 0 Å². The molecule has 1 amide bonds. The van der Waals surface area contributed by atoms with Gasteiger partial charge in [0.1, 0.15) is 0 Å². The van der Waals surface area contributed by atoms with Gasteiger partial charge in [-0.25, -0.2) is 8.78 Å². The number of aliphatic hydroxyl groups excluding tert-OH is 1. The predicted octanol–water partition coefficient (Wildman–Crippen LogP) is 0.574. The number of rotatable bonds is 6. The first-order valence-corrected chi connectivity index (χ1v) is 8.12. The molecule has 0 bridgehead atoms. The molecule has 0 aliphatic carbocycles. The second-order valence-electron chi connectivity index (χ2n) is 6.42. The number of likely N-dealkylation sites (N-methyl/N-ethyl adjacent to an activating group) is 2. The lowest BCUT2D eigenvalue weighted by Crippen LogP contribution is -2.49. The van der Waals surface area contributed by atoms with E-state index in [1.807, 2.05) is 0 Å². The molecule has 1 saturated heterocycles. The summed E-state index contributed by atoms with van der Waals surface area (Å²) in [6.07, 6.45) is -0.888. The predicted molar refractivity (Wildman–Crippen MR) is 87.6 cm³/mol. The SMILES string of the molecule is CN1CCN(CC(O)CN(C)C(=O)Cc2cccc(F)c2F)CC1. The number of carbonyl (C=O) groups excluding carboxylic acids is 1. The third-order valence-electron chi connectivity index (χ3n) is 4.35. The van der Waals surface area contributed by atoms with Crippen LogP contribution in [-0.2, 0) is 11.2 Å². The molecule has 1 aliphatic rings. The maximum absolute atomic E-state index is 13.6. The molecule has 134 valence electrons. The molecule has 1 N–H and O–H groups in total. The maximum Gasteiger partial charge on any atom is 0.226 e. The number of halogens is 2. The number of hydrogen-bond donors (Lipinski definition) is 1. The van der Waals surface area contributed by atoms with Crippen LogP contribution in [0, 0.1) is 11.6 Å². The number of carbonyl (C=O) groups is 1. The highest BCUT2D eigenvalue weighted by molar-refractivity contribution is 5.78. The molecule has 0 radical (unpaired) electrons. The van der Waals surface area contributed by atoms with Gasteiger partial charge in [-0.2, -0.15) is 0 Å². The number of nitrogens with zero attached hydrogens (tertiary/aromatic N) is 3. The van der Waals surface area contributed by atoms with E-state index < -0.39 is 17.7 Å². The molecule has 1 aromatic carbocycles.